The molecular formula is C30H38F3NO2. The van der Waals surface area contributed by atoms with Crippen molar-refractivity contribution in [2.45, 2.75) is 65.0 Å². The normalized spacial score (nSPS) is 16.8. The number of carboxylic acids is 1. The highest BCUT2D eigenvalue weighted by atomic mass is 19.4. The molecule has 1 aliphatic heterocycles. The number of carboxylic acid groups (broad SMARTS) is 1. The largest absolute Gasteiger partial charge is 0.481 e. The third-order valence-electron chi connectivity index (χ3n) is 6.87. The lowest BCUT2D eigenvalue weighted by atomic mass is 9.82. The van der Waals surface area contributed by atoms with Gasteiger partial charge in [-0.15, -0.1) is 0 Å². The van der Waals surface area contributed by atoms with E-state index in [1.807, 2.05) is 32.0 Å². The first-order valence-corrected chi connectivity index (χ1v) is 12.9. The molecule has 1 fully saturated rings. The third-order valence-corrected chi connectivity index (χ3v) is 6.87. The van der Waals surface area contributed by atoms with E-state index < -0.39 is 23.6 Å². The molecule has 0 aliphatic carbocycles. The quantitative estimate of drug-likeness (QED) is 0.354. The van der Waals surface area contributed by atoms with Gasteiger partial charge in [0.05, 0.1) is 11.5 Å². The summed E-state index contributed by atoms with van der Waals surface area (Å²) >= 11 is 0. The number of hydrogen-bond donors (Lipinski definition) is 1. The second-order valence-electron chi connectivity index (χ2n) is 10.7. The van der Waals surface area contributed by atoms with E-state index in [9.17, 15) is 23.1 Å². The molecule has 0 radical (unpaired) electrons. The summed E-state index contributed by atoms with van der Waals surface area (Å²) in [5, 5.41) is 9.98. The molecule has 1 N–H and O–H groups in total. The Bertz CT molecular complexity index is 1030. The minimum atomic E-state index is -4.39. The number of carbonyl (C=O) groups is 1. The first-order valence-electron chi connectivity index (χ1n) is 12.9. The first-order chi connectivity index (χ1) is 16.9. The van der Waals surface area contributed by atoms with Crippen LogP contribution < -0.4 is 0 Å². The van der Waals surface area contributed by atoms with Crippen LogP contribution in [-0.2, 0) is 11.0 Å². The molecule has 0 spiro atoms. The van der Waals surface area contributed by atoms with E-state index in [-0.39, 0.29) is 11.8 Å². The molecule has 196 valence electrons. The Morgan fingerprint density at radius 1 is 1.03 bits per heavy atom. The maximum atomic E-state index is 13.1. The third kappa shape index (κ3) is 7.70. The fraction of sp³-hybridized carbons (Fsp3) is 0.500. The maximum absolute atomic E-state index is 13.1. The second kappa shape index (κ2) is 12.1. The zero-order chi connectivity index (χ0) is 26.5. The SMILES string of the molecule is CC(C)C=CCN1CCC(c2cc(-c3ccc(C(F)(F)F)cc3)cc(C(CC(C)C)C(=O)O)c2)CC1. The van der Waals surface area contributed by atoms with Gasteiger partial charge in [-0.1, -0.05) is 70.2 Å². The van der Waals surface area contributed by atoms with Crippen molar-refractivity contribution in [1.82, 2.24) is 4.90 Å². The van der Waals surface area contributed by atoms with E-state index in [0.717, 1.165) is 61.3 Å². The van der Waals surface area contributed by atoms with Crippen LogP contribution in [0.3, 0.4) is 0 Å². The lowest BCUT2D eigenvalue weighted by molar-refractivity contribution is -0.139. The van der Waals surface area contributed by atoms with Gasteiger partial charge in [-0.2, -0.15) is 13.2 Å². The zero-order valence-electron chi connectivity index (χ0n) is 21.7. The molecule has 2 aromatic carbocycles. The fourth-order valence-corrected chi connectivity index (χ4v) is 4.91. The van der Waals surface area contributed by atoms with E-state index in [2.05, 4.69) is 30.9 Å². The average Bonchev–Trinajstić information content (AvgIpc) is 2.82. The molecule has 3 nitrogen and oxygen atoms in total. The molecule has 1 saturated heterocycles. The first kappa shape index (κ1) is 28.0. The number of likely N-dealkylation sites (tertiary alicyclic amines) is 1. The van der Waals surface area contributed by atoms with Crippen LogP contribution in [0, 0.1) is 11.8 Å². The lowest BCUT2D eigenvalue weighted by Gasteiger charge is -2.32. The molecule has 3 rings (SSSR count). The number of alkyl halides is 3. The summed E-state index contributed by atoms with van der Waals surface area (Å²) in [7, 11) is 0. The Morgan fingerprint density at radius 3 is 2.19 bits per heavy atom. The molecule has 0 saturated carbocycles. The number of hydrogen-bond acceptors (Lipinski definition) is 2. The molecule has 1 heterocycles. The number of aliphatic carboxylic acids is 1. The molecule has 36 heavy (non-hydrogen) atoms. The van der Waals surface area contributed by atoms with Gasteiger partial charge >= 0.3 is 12.1 Å². The summed E-state index contributed by atoms with van der Waals surface area (Å²) in [6.07, 6.45) is 2.48. The maximum Gasteiger partial charge on any atom is 0.416 e. The van der Waals surface area contributed by atoms with E-state index in [0.29, 0.717) is 17.9 Å². The molecule has 0 bridgehead atoms. The molecule has 6 heteroatoms. The van der Waals surface area contributed by atoms with E-state index >= 15 is 0 Å². The van der Waals surface area contributed by atoms with Gasteiger partial charge < -0.3 is 5.11 Å². The van der Waals surface area contributed by atoms with Gasteiger partial charge in [-0.25, -0.2) is 0 Å². The Labute approximate surface area is 213 Å². The van der Waals surface area contributed by atoms with Gasteiger partial charge in [0.25, 0.3) is 0 Å². The molecular weight excluding hydrogens is 463 g/mol. The number of halogens is 3. The van der Waals surface area contributed by atoms with Gasteiger partial charge in [0.1, 0.15) is 0 Å². The van der Waals surface area contributed by atoms with Crippen molar-refractivity contribution in [3.05, 3.63) is 71.3 Å². The van der Waals surface area contributed by atoms with Crippen LogP contribution >= 0.6 is 0 Å². The van der Waals surface area contributed by atoms with Gasteiger partial charge in [-0.05, 0) is 84.5 Å². The minimum absolute atomic E-state index is 0.200. The van der Waals surface area contributed by atoms with Crippen LogP contribution in [0.15, 0.2) is 54.6 Å². The van der Waals surface area contributed by atoms with Crippen molar-refractivity contribution in [3.8, 4) is 11.1 Å². The van der Waals surface area contributed by atoms with Gasteiger partial charge in [0, 0.05) is 6.54 Å². The number of nitrogens with zero attached hydrogens (tertiary/aromatic N) is 1. The van der Waals surface area contributed by atoms with Crippen molar-refractivity contribution in [3.63, 3.8) is 0 Å². The van der Waals surface area contributed by atoms with Gasteiger partial charge in [-0.3, -0.25) is 9.69 Å². The average molecular weight is 502 g/mol. The second-order valence-corrected chi connectivity index (χ2v) is 10.7. The van der Waals surface area contributed by atoms with Crippen LogP contribution in [0.4, 0.5) is 13.2 Å². The summed E-state index contributed by atoms with van der Waals surface area (Å²) in [4.78, 5) is 14.6. The number of rotatable bonds is 9. The van der Waals surface area contributed by atoms with Crippen LogP contribution in [0.1, 0.15) is 75.5 Å². The van der Waals surface area contributed by atoms with Crippen molar-refractivity contribution < 1.29 is 23.1 Å². The van der Waals surface area contributed by atoms with Crippen molar-refractivity contribution in [2.24, 2.45) is 11.8 Å². The molecule has 1 aliphatic rings. The van der Waals surface area contributed by atoms with Crippen LogP contribution in [0.2, 0.25) is 0 Å². The Morgan fingerprint density at radius 2 is 1.67 bits per heavy atom. The summed E-state index contributed by atoms with van der Waals surface area (Å²) in [6.45, 7) is 11.2. The number of allylic oxidation sites excluding steroid dienone is 1. The standard InChI is InChI=1S/C30H38F3NO2/c1-20(2)6-5-13-34-14-11-23(12-15-34)25-17-24(22-7-9-27(10-8-22)30(31,32)33)18-26(19-25)28(29(35)36)16-21(3)4/h5-10,17-21,23,28H,11-16H2,1-4H3,(H,35,36). The molecule has 1 atom stereocenters. The highest BCUT2D eigenvalue weighted by Crippen LogP contribution is 2.37. The molecule has 1 unspecified atom stereocenters. The van der Waals surface area contributed by atoms with Crippen molar-refractivity contribution >= 4 is 5.97 Å². The van der Waals surface area contributed by atoms with Crippen LogP contribution in [-0.4, -0.2) is 35.6 Å². The highest BCUT2D eigenvalue weighted by molar-refractivity contribution is 5.77. The number of benzene rings is 2. The fourth-order valence-electron chi connectivity index (χ4n) is 4.91. The van der Waals surface area contributed by atoms with E-state index in [1.165, 1.54) is 12.1 Å². The lowest BCUT2D eigenvalue weighted by Crippen LogP contribution is -2.33. The molecule has 2 aromatic rings. The Kier molecular flexibility index (Phi) is 9.40. The zero-order valence-corrected chi connectivity index (χ0v) is 21.7. The summed E-state index contributed by atoms with van der Waals surface area (Å²) in [6, 6.07) is 11.1. The predicted molar refractivity (Wildman–Crippen MR) is 139 cm³/mol. The smallest absolute Gasteiger partial charge is 0.416 e. The van der Waals surface area contributed by atoms with E-state index in [4.69, 9.17) is 0 Å². The van der Waals surface area contributed by atoms with E-state index in [1.54, 1.807) is 0 Å². The van der Waals surface area contributed by atoms with Crippen molar-refractivity contribution in [2.75, 3.05) is 19.6 Å². The number of piperidine rings is 1. The topological polar surface area (TPSA) is 40.5 Å². The minimum Gasteiger partial charge on any atom is -0.481 e. The summed E-state index contributed by atoms with van der Waals surface area (Å²) < 4.78 is 39.3. The Balaban J connectivity index is 1.92. The monoisotopic (exact) mass is 501 g/mol. The van der Waals surface area contributed by atoms with Crippen LogP contribution in [0.5, 0.6) is 0 Å². The van der Waals surface area contributed by atoms with Gasteiger partial charge in [0.2, 0.25) is 0 Å². The predicted octanol–water partition coefficient (Wildman–Crippen LogP) is 7.98. The highest BCUT2D eigenvalue weighted by Gasteiger charge is 2.30. The molecule has 0 amide bonds. The molecule has 0 aromatic heterocycles. The Hall–Kier alpha value is -2.60. The summed E-state index contributed by atoms with van der Waals surface area (Å²) in [5.74, 6) is -0.504. The van der Waals surface area contributed by atoms with Crippen molar-refractivity contribution in [1.29, 1.82) is 0 Å². The van der Waals surface area contributed by atoms with Crippen LogP contribution in [0.25, 0.3) is 11.1 Å². The van der Waals surface area contributed by atoms with Gasteiger partial charge in [0.15, 0.2) is 0 Å². The summed E-state index contributed by atoms with van der Waals surface area (Å²) in [5.41, 5.74) is 2.55.